The van der Waals surface area contributed by atoms with E-state index in [2.05, 4.69) is 25.0 Å². The molecule has 0 amide bonds. The lowest BCUT2D eigenvalue weighted by molar-refractivity contribution is -0.0500. The molecule has 0 aliphatic rings. The summed E-state index contributed by atoms with van der Waals surface area (Å²) in [5.41, 5.74) is 2.65. The second kappa shape index (κ2) is 6.31. The molecule has 1 N–H and O–H groups in total. The molecule has 0 spiro atoms. The van der Waals surface area contributed by atoms with E-state index in [0.29, 0.717) is 23.6 Å². The zero-order valence-corrected chi connectivity index (χ0v) is 12.8. The van der Waals surface area contributed by atoms with E-state index in [4.69, 9.17) is 4.42 Å². The van der Waals surface area contributed by atoms with Crippen LogP contribution in [0.2, 0.25) is 0 Å². The van der Waals surface area contributed by atoms with E-state index in [1.807, 2.05) is 24.3 Å². The number of hydrogen-bond acceptors (Lipinski definition) is 6. The van der Waals surface area contributed by atoms with Gasteiger partial charge in [0.1, 0.15) is 23.2 Å². The summed E-state index contributed by atoms with van der Waals surface area (Å²) in [6.07, 6.45) is 2.71. The molecule has 0 fully saturated rings. The van der Waals surface area contributed by atoms with Crippen molar-refractivity contribution in [3.05, 3.63) is 54.6 Å². The standard InChI is InChI=1S/C17H12F2N4O2/c18-17(19)24-11-6-5-10(20-8-11)7-21-16-15-14(22-9-23-16)12-3-1-2-4-13(12)25-15/h1-6,8-9,17H,7H2,(H,21,22,23). The molecular weight excluding hydrogens is 330 g/mol. The van der Waals surface area contributed by atoms with Gasteiger partial charge in [-0.15, -0.1) is 0 Å². The molecule has 0 saturated heterocycles. The van der Waals surface area contributed by atoms with Crippen LogP contribution < -0.4 is 10.1 Å². The van der Waals surface area contributed by atoms with Crippen molar-refractivity contribution in [2.24, 2.45) is 0 Å². The minimum absolute atomic E-state index is 0.0143. The van der Waals surface area contributed by atoms with Gasteiger partial charge in [-0.3, -0.25) is 4.98 Å². The maximum Gasteiger partial charge on any atom is 0.387 e. The molecule has 4 aromatic rings. The number of nitrogens with one attached hydrogen (secondary N) is 1. The van der Waals surface area contributed by atoms with Gasteiger partial charge in [0.05, 0.1) is 18.4 Å². The fourth-order valence-electron chi connectivity index (χ4n) is 2.51. The molecule has 0 saturated carbocycles. The predicted molar refractivity (Wildman–Crippen MR) is 87.5 cm³/mol. The molecule has 25 heavy (non-hydrogen) atoms. The van der Waals surface area contributed by atoms with Crippen molar-refractivity contribution in [1.82, 2.24) is 15.0 Å². The van der Waals surface area contributed by atoms with Crippen LogP contribution in [-0.2, 0) is 6.54 Å². The summed E-state index contributed by atoms with van der Waals surface area (Å²) in [6.45, 7) is -2.52. The third-order valence-electron chi connectivity index (χ3n) is 3.62. The fraction of sp³-hybridized carbons (Fsp3) is 0.118. The predicted octanol–water partition coefficient (Wildman–Crippen LogP) is 3.98. The number of aromatic nitrogens is 3. The van der Waals surface area contributed by atoms with Gasteiger partial charge in [0, 0.05) is 5.39 Å². The molecule has 126 valence electrons. The minimum Gasteiger partial charge on any atom is -0.450 e. The maximum absolute atomic E-state index is 12.1. The van der Waals surface area contributed by atoms with Crippen molar-refractivity contribution in [2.45, 2.75) is 13.2 Å². The third-order valence-corrected chi connectivity index (χ3v) is 3.62. The van der Waals surface area contributed by atoms with Gasteiger partial charge in [0.15, 0.2) is 11.4 Å². The number of pyridine rings is 1. The molecule has 0 atom stereocenters. The van der Waals surface area contributed by atoms with Crippen LogP contribution in [-0.4, -0.2) is 21.6 Å². The zero-order valence-electron chi connectivity index (χ0n) is 12.8. The Bertz CT molecular complexity index is 1020. The van der Waals surface area contributed by atoms with Crippen LogP contribution in [0.1, 0.15) is 5.69 Å². The van der Waals surface area contributed by atoms with Crippen molar-refractivity contribution in [1.29, 1.82) is 0 Å². The molecule has 3 aromatic heterocycles. The highest BCUT2D eigenvalue weighted by Crippen LogP contribution is 2.30. The number of fused-ring (bicyclic) bond motifs is 3. The van der Waals surface area contributed by atoms with Crippen LogP contribution in [0, 0.1) is 0 Å². The van der Waals surface area contributed by atoms with Gasteiger partial charge in [-0.2, -0.15) is 8.78 Å². The molecule has 0 bridgehead atoms. The summed E-state index contributed by atoms with van der Waals surface area (Å²) in [4.78, 5) is 12.6. The Morgan fingerprint density at radius 3 is 2.76 bits per heavy atom. The van der Waals surface area contributed by atoms with Crippen LogP contribution >= 0.6 is 0 Å². The summed E-state index contributed by atoms with van der Waals surface area (Å²) in [7, 11) is 0. The molecule has 6 nitrogen and oxygen atoms in total. The van der Waals surface area contributed by atoms with Gasteiger partial charge in [-0.1, -0.05) is 12.1 Å². The van der Waals surface area contributed by atoms with Crippen molar-refractivity contribution < 1.29 is 17.9 Å². The fourth-order valence-corrected chi connectivity index (χ4v) is 2.51. The van der Waals surface area contributed by atoms with Crippen LogP contribution in [0.15, 0.2) is 53.3 Å². The first kappa shape index (κ1) is 15.3. The average molecular weight is 342 g/mol. The number of furan rings is 1. The van der Waals surface area contributed by atoms with Crippen LogP contribution in [0.3, 0.4) is 0 Å². The first-order valence-corrected chi connectivity index (χ1v) is 7.46. The number of benzene rings is 1. The van der Waals surface area contributed by atoms with Crippen molar-refractivity contribution in [3.63, 3.8) is 0 Å². The molecular formula is C17H12F2N4O2. The summed E-state index contributed by atoms with van der Waals surface area (Å²) in [6, 6.07) is 10.6. The summed E-state index contributed by atoms with van der Waals surface area (Å²) in [5.74, 6) is 0.552. The highest BCUT2D eigenvalue weighted by Gasteiger charge is 2.12. The van der Waals surface area contributed by atoms with Gasteiger partial charge in [0.2, 0.25) is 0 Å². The average Bonchev–Trinajstić information content (AvgIpc) is 3.00. The number of alkyl halides is 2. The van der Waals surface area contributed by atoms with E-state index in [1.165, 1.54) is 18.6 Å². The first-order chi connectivity index (χ1) is 12.2. The van der Waals surface area contributed by atoms with Gasteiger partial charge in [-0.05, 0) is 24.3 Å². The molecule has 0 aliphatic heterocycles. The van der Waals surface area contributed by atoms with E-state index >= 15 is 0 Å². The van der Waals surface area contributed by atoms with Crippen LogP contribution in [0.4, 0.5) is 14.6 Å². The molecule has 1 aromatic carbocycles. The van der Waals surface area contributed by atoms with Crippen molar-refractivity contribution in [3.8, 4) is 5.75 Å². The lowest BCUT2D eigenvalue weighted by atomic mass is 10.2. The summed E-state index contributed by atoms with van der Waals surface area (Å²) >= 11 is 0. The summed E-state index contributed by atoms with van der Waals surface area (Å²) < 4.78 is 34.4. The normalized spacial score (nSPS) is 11.3. The lowest BCUT2D eigenvalue weighted by Gasteiger charge is -2.07. The number of ether oxygens (including phenoxy) is 1. The SMILES string of the molecule is FC(F)Oc1ccc(CNc2ncnc3c2oc2ccccc23)nc1. The molecule has 0 aliphatic carbocycles. The zero-order chi connectivity index (χ0) is 17.2. The van der Waals surface area contributed by atoms with Gasteiger partial charge >= 0.3 is 6.61 Å². The Balaban J connectivity index is 1.57. The second-order valence-corrected chi connectivity index (χ2v) is 5.22. The van der Waals surface area contributed by atoms with E-state index in [-0.39, 0.29) is 5.75 Å². The molecule has 0 unspecified atom stereocenters. The number of hydrogen-bond donors (Lipinski definition) is 1. The molecule has 3 heterocycles. The van der Waals surface area contributed by atoms with Crippen LogP contribution in [0.25, 0.3) is 22.1 Å². The summed E-state index contributed by atoms with van der Waals surface area (Å²) in [5, 5.41) is 4.04. The first-order valence-electron chi connectivity index (χ1n) is 7.46. The van der Waals surface area contributed by atoms with Gasteiger partial charge in [-0.25, -0.2) is 9.97 Å². The van der Waals surface area contributed by atoms with E-state index in [0.717, 1.165) is 16.5 Å². The maximum atomic E-state index is 12.1. The quantitative estimate of drug-likeness (QED) is 0.591. The Kier molecular flexibility index (Phi) is 3.85. The smallest absolute Gasteiger partial charge is 0.387 e. The Labute approximate surface area is 140 Å². The Morgan fingerprint density at radius 2 is 1.96 bits per heavy atom. The Morgan fingerprint density at radius 1 is 1.08 bits per heavy atom. The van der Waals surface area contributed by atoms with Crippen molar-refractivity contribution >= 4 is 27.9 Å². The number of nitrogens with zero attached hydrogens (tertiary/aromatic N) is 3. The monoisotopic (exact) mass is 342 g/mol. The Hall–Kier alpha value is -3.29. The third kappa shape index (κ3) is 3.06. The molecule has 8 heteroatoms. The van der Waals surface area contributed by atoms with E-state index < -0.39 is 6.61 Å². The van der Waals surface area contributed by atoms with Gasteiger partial charge < -0.3 is 14.5 Å². The van der Waals surface area contributed by atoms with Crippen molar-refractivity contribution in [2.75, 3.05) is 5.32 Å². The molecule has 4 rings (SSSR count). The highest BCUT2D eigenvalue weighted by atomic mass is 19.3. The number of halogens is 2. The molecule has 0 radical (unpaired) electrons. The van der Waals surface area contributed by atoms with Gasteiger partial charge in [0.25, 0.3) is 0 Å². The van der Waals surface area contributed by atoms with E-state index in [9.17, 15) is 8.78 Å². The topological polar surface area (TPSA) is 73.1 Å². The second-order valence-electron chi connectivity index (χ2n) is 5.22. The highest BCUT2D eigenvalue weighted by molar-refractivity contribution is 6.05. The number of rotatable bonds is 5. The largest absolute Gasteiger partial charge is 0.450 e. The van der Waals surface area contributed by atoms with E-state index in [1.54, 1.807) is 6.07 Å². The lowest BCUT2D eigenvalue weighted by Crippen LogP contribution is -2.05. The van der Waals surface area contributed by atoms with Crippen LogP contribution in [0.5, 0.6) is 5.75 Å². The number of anilines is 1. The number of para-hydroxylation sites is 1. The minimum atomic E-state index is -2.87.